The van der Waals surface area contributed by atoms with Gasteiger partial charge < -0.3 is 9.84 Å². The summed E-state index contributed by atoms with van der Waals surface area (Å²) in [6.07, 6.45) is 3.26. The number of fused-ring (bicyclic) bond motifs is 6. The lowest BCUT2D eigenvalue weighted by Crippen LogP contribution is -2.12. The topological polar surface area (TPSA) is 46.5 Å². The maximum atomic E-state index is 12.7. The molecule has 0 aliphatic heterocycles. The molecule has 2 aliphatic carbocycles. The minimum Gasteiger partial charge on any atom is -0.507 e. The van der Waals surface area contributed by atoms with Gasteiger partial charge in [-0.05, 0) is 56.2 Å². The Morgan fingerprint density at radius 1 is 1.00 bits per heavy atom. The van der Waals surface area contributed by atoms with Gasteiger partial charge in [-0.15, -0.1) is 0 Å². The normalized spacial score (nSPS) is 20.3. The Kier molecular flexibility index (Phi) is 3.33. The Balaban J connectivity index is 1.73. The first kappa shape index (κ1) is 15.4. The molecule has 1 saturated carbocycles. The van der Waals surface area contributed by atoms with Gasteiger partial charge in [0.25, 0.3) is 0 Å². The molecular formula is C23H20O3. The minimum absolute atomic E-state index is 0.343. The molecule has 2 aliphatic rings. The Hall–Kier alpha value is -2.81. The molecule has 2 atom stereocenters. The lowest BCUT2D eigenvalue weighted by atomic mass is 9.87. The summed E-state index contributed by atoms with van der Waals surface area (Å²) in [4.78, 5) is 12.7. The first-order valence-electron chi connectivity index (χ1n) is 9.20. The molecule has 3 nitrogen and oxygen atoms in total. The fourth-order valence-corrected chi connectivity index (χ4v) is 4.75. The van der Waals surface area contributed by atoms with E-state index in [1.807, 2.05) is 43.3 Å². The largest absolute Gasteiger partial charge is 0.507 e. The summed E-state index contributed by atoms with van der Waals surface area (Å²) in [6.45, 7) is 2.01. The third-order valence-electron chi connectivity index (χ3n) is 5.92. The van der Waals surface area contributed by atoms with Gasteiger partial charge in [-0.25, -0.2) is 4.79 Å². The summed E-state index contributed by atoms with van der Waals surface area (Å²) in [5.41, 5.74) is 3.69. The molecule has 130 valence electrons. The second-order valence-corrected chi connectivity index (χ2v) is 7.52. The fraction of sp³-hybridized carbons (Fsp3) is 0.261. The van der Waals surface area contributed by atoms with E-state index in [2.05, 4.69) is 0 Å². The average Bonchev–Trinajstić information content (AvgIpc) is 3.27. The number of carbonyl (C=O) groups excluding carboxylic acids is 1. The average molecular weight is 344 g/mol. The maximum absolute atomic E-state index is 12.7. The summed E-state index contributed by atoms with van der Waals surface area (Å²) in [7, 11) is 0. The van der Waals surface area contributed by atoms with Crippen LogP contribution in [0.4, 0.5) is 0 Å². The van der Waals surface area contributed by atoms with Crippen LogP contribution in [-0.4, -0.2) is 11.1 Å². The van der Waals surface area contributed by atoms with Crippen LogP contribution in [0.2, 0.25) is 0 Å². The standard InChI is InChI=1S/C23H20O3/c1-13-7-10-17-18(11-13)22(26-23(25)14-5-3-2-4-6-14)20-16-9-8-15(12-16)19(20)21(17)24/h2-7,10-11,15-16,24H,8-9,12H2,1H3. The van der Waals surface area contributed by atoms with Crippen LogP contribution >= 0.6 is 0 Å². The number of esters is 1. The zero-order chi connectivity index (χ0) is 17.8. The molecule has 0 amide bonds. The van der Waals surface area contributed by atoms with Crippen LogP contribution in [0.1, 0.15) is 58.1 Å². The highest BCUT2D eigenvalue weighted by molar-refractivity contribution is 6.00. The van der Waals surface area contributed by atoms with E-state index in [9.17, 15) is 9.90 Å². The molecule has 3 heteroatoms. The summed E-state index contributed by atoms with van der Waals surface area (Å²) in [6, 6.07) is 15.0. The number of ether oxygens (including phenoxy) is 1. The van der Waals surface area contributed by atoms with Crippen LogP contribution in [0.3, 0.4) is 0 Å². The van der Waals surface area contributed by atoms with Crippen LogP contribution in [0.25, 0.3) is 10.8 Å². The Morgan fingerprint density at radius 2 is 1.73 bits per heavy atom. The lowest BCUT2D eigenvalue weighted by molar-refractivity contribution is 0.0735. The van der Waals surface area contributed by atoms with Gasteiger partial charge in [0.1, 0.15) is 11.5 Å². The monoisotopic (exact) mass is 344 g/mol. The van der Waals surface area contributed by atoms with Crippen molar-refractivity contribution in [3.63, 3.8) is 0 Å². The zero-order valence-electron chi connectivity index (χ0n) is 14.7. The van der Waals surface area contributed by atoms with E-state index in [1.54, 1.807) is 12.1 Å². The van der Waals surface area contributed by atoms with E-state index in [0.717, 1.165) is 46.7 Å². The number of hydrogen-bond acceptors (Lipinski definition) is 3. The van der Waals surface area contributed by atoms with Crippen LogP contribution in [-0.2, 0) is 0 Å². The Labute approximate surface area is 152 Å². The van der Waals surface area contributed by atoms with Crippen molar-refractivity contribution in [3.8, 4) is 11.5 Å². The third kappa shape index (κ3) is 2.16. The molecule has 0 saturated heterocycles. The number of rotatable bonds is 2. The van der Waals surface area contributed by atoms with Crippen LogP contribution < -0.4 is 4.74 Å². The van der Waals surface area contributed by atoms with Crippen molar-refractivity contribution in [2.24, 2.45) is 0 Å². The molecule has 0 radical (unpaired) electrons. The second-order valence-electron chi connectivity index (χ2n) is 7.52. The number of carbonyl (C=O) groups is 1. The molecule has 5 rings (SSSR count). The summed E-state index contributed by atoms with van der Waals surface area (Å²) in [5, 5.41) is 12.5. The first-order chi connectivity index (χ1) is 12.6. The van der Waals surface area contributed by atoms with Crippen molar-refractivity contribution in [1.29, 1.82) is 0 Å². The smallest absolute Gasteiger partial charge is 0.343 e. The molecule has 0 spiro atoms. The second kappa shape index (κ2) is 5.60. The van der Waals surface area contributed by atoms with Crippen LogP contribution in [0.15, 0.2) is 48.5 Å². The Morgan fingerprint density at radius 3 is 2.50 bits per heavy atom. The van der Waals surface area contributed by atoms with Gasteiger partial charge in [0.15, 0.2) is 0 Å². The summed E-state index contributed by atoms with van der Waals surface area (Å²) >= 11 is 0. The number of benzene rings is 3. The lowest BCUT2D eigenvalue weighted by Gasteiger charge is -2.22. The third-order valence-corrected chi connectivity index (χ3v) is 5.92. The van der Waals surface area contributed by atoms with Gasteiger partial charge in [-0.1, -0.05) is 35.9 Å². The SMILES string of the molecule is Cc1ccc2c(O)c3c(c(OC(=O)c4ccccc4)c2c1)C1CCC3C1. The van der Waals surface area contributed by atoms with E-state index in [-0.39, 0.29) is 5.97 Å². The van der Waals surface area contributed by atoms with Gasteiger partial charge in [0, 0.05) is 21.9 Å². The van der Waals surface area contributed by atoms with E-state index in [0.29, 0.717) is 28.9 Å². The van der Waals surface area contributed by atoms with E-state index >= 15 is 0 Å². The van der Waals surface area contributed by atoms with Gasteiger partial charge in [-0.2, -0.15) is 0 Å². The van der Waals surface area contributed by atoms with Crippen molar-refractivity contribution in [1.82, 2.24) is 0 Å². The molecule has 26 heavy (non-hydrogen) atoms. The highest BCUT2D eigenvalue weighted by Crippen LogP contribution is 2.60. The number of hydrogen-bond donors (Lipinski definition) is 1. The summed E-state index contributed by atoms with van der Waals surface area (Å²) < 4.78 is 5.97. The summed E-state index contributed by atoms with van der Waals surface area (Å²) in [5.74, 6) is 1.45. The quantitative estimate of drug-likeness (QED) is 0.497. The van der Waals surface area contributed by atoms with Crippen molar-refractivity contribution >= 4 is 16.7 Å². The molecule has 3 aromatic carbocycles. The first-order valence-corrected chi connectivity index (χ1v) is 9.20. The van der Waals surface area contributed by atoms with Crippen LogP contribution in [0.5, 0.6) is 11.5 Å². The maximum Gasteiger partial charge on any atom is 0.343 e. The van der Waals surface area contributed by atoms with Gasteiger partial charge >= 0.3 is 5.97 Å². The zero-order valence-corrected chi connectivity index (χ0v) is 14.7. The molecular weight excluding hydrogens is 324 g/mol. The highest BCUT2D eigenvalue weighted by atomic mass is 16.5. The van der Waals surface area contributed by atoms with Crippen molar-refractivity contribution in [2.45, 2.75) is 38.0 Å². The van der Waals surface area contributed by atoms with Gasteiger partial charge in [0.05, 0.1) is 5.56 Å². The number of phenols is 1. The van der Waals surface area contributed by atoms with Crippen LogP contribution in [0, 0.1) is 6.92 Å². The predicted molar refractivity (Wildman–Crippen MR) is 101 cm³/mol. The number of aryl methyl sites for hydroxylation is 1. The number of aromatic hydroxyl groups is 1. The van der Waals surface area contributed by atoms with Crippen molar-refractivity contribution < 1.29 is 14.6 Å². The molecule has 1 fully saturated rings. The van der Waals surface area contributed by atoms with E-state index in [1.165, 1.54) is 0 Å². The molecule has 0 heterocycles. The fourth-order valence-electron chi connectivity index (χ4n) is 4.75. The van der Waals surface area contributed by atoms with E-state index < -0.39 is 0 Å². The highest BCUT2D eigenvalue weighted by Gasteiger charge is 2.42. The Bertz CT molecular complexity index is 1040. The molecule has 3 aromatic rings. The predicted octanol–water partition coefficient (Wildman–Crippen LogP) is 5.44. The van der Waals surface area contributed by atoms with Crippen molar-refractivity contribution in [2.75, 3.05) is 0 Å². The van der Waals surface area contributed by atoms with Gasteiger partial charge in [-0.3, -0.25) is 0 Å². The minimum atomic E-state index is -0.343. The molecule has 1 N–H and O–H groups in total. The van der Waals surface area contributed by atoms with Crippen molar-refractivity contribution in [3.05, 3.63) is 70.8 Å². The van der Waals surface area contributed by atoms with E-state index in [4.69, 9.17) is 4.74 Å². The molecule has 2 bridgehead atoms. The number of phenolic OH excluding ortho intramolecular Hbond substituents is 1. The molecule has 2 unspecified atom stereocenters. The van der Waals surface area contributed by atoms with Gasteiger partial charge in [0.2, 0.25) is 0 Å². The molecule has 0 aromatic heterocycles.